The van der Waals surface area contributed by atoms with Crippen LogP contribution in [0, 0.1) is 5.21 Å². The van der Waals surface area contributed by atoms with Crippen LogP contribution in [0.2, 0.25) is 0 Å². The Bertz CT molecular complexity index is 121. The maximum atomic E-state index is 10.4. The van der Waals surface area contributed by atoms with Crippen molar-refractivity contribution in [2.75, 3.05) is 20.2 Å². The van der Waals surface area contributed by atoms with Crippen molar-refractivity contribution in [2.24, 2.45) is 5.28 Å². The van der Waals surface area contributed by atoms with Crippen LogP contribution in [0.1, 0.15) is 6.42 Å². The summed E-state index contributed by atoms with van der Waals surface area (Å²) in [6.45, 7) is 0.383. The Morgan fingerprint density at radius 1 is 1.64 bits per heavy atom. The van der Waals surface area contributed by atoms with Crippen LogP contribution in [0.3, 0.4) is 0 Å². The first-order valence-electron chi connectivity index (χ1n) is 2.86. The summed E-state index contributed by atoms with van der Waals surface area (Å²) in [4.78, 5) is 0.0513. The first-order valence-corrected chi connectivity index (χ1v) is 2.86. The number of hydrogen-bond acceptors (Lipinski definition) is 3. The topological polar surface area (TPSA) is 82.1 Å². The van der Waals surface area contributed by atoms with E-state index in [9.17, 15) is 5.21 Å². The molecule has 0 unspecified atom stereocenters. The molecule has 0 aliphatic heterocycles. The van der Waals surface area contributed by atoms with Gasteiger partial charge in [-0.05, 0) is 6.42 Å². The van der Waals surface area contributed by atoms with Crippen molar-refractivity contribution >= 4 is 29.6 Å². The first kappa shape index (κ1) is 13.5. The van der Waals surface area contributed by atoms with Crippen LogP contribution in [0.15, 0.2) is 5.28 Å². The monoisotopic (exact) mass is 172 g/mol. The van der Waals surface area contributed by atoms with Gasteiger partial charge in [-0.25, -0.2) is 0 Å². The molecule has 0 aromatic carbocycles. The zero-order valence-electron chi connectivity index (χ0n) is 6.77. The molecule has 11 heavy (non-hydrogen) atoms. The van der Waals surface area contributed by atoms with Gasteiger partial charge in [0.15, 0.2) is 0 Å². The molecule has 0 heterocycles. The van der Waals surface area contributed by atoms with E-state index in [-0.39, 0.29) is 41.1 Å². The molecule has 0 saturated heterocycles. The number of hydrazine groups is 1. The van der Waals surface area contributed by atoms with Gasteiger partial charge in [0.25, 0.3) is 0 Å². The van der Waals surface area contributed by atoms with E-state index >= 15 is 0 Å². The molecule has 61 valence electrons. The summed E-state index contributed by atoms with van der Waals surface area (Å²) in [6.07, 6.45) is 0.477. The van der Waals surface area contributed by atoms with E-state index in [0.717, 1.165) is 5.01 Å². The quantitative estimate of drug-likeness (QED) is 0.251. The molecule has 0 rings (SSSR count). The first-order chi connectivity index (χ1) is 4.72. The minimum atomic E-state index is 0. The zero-order chi connectivity index (χ0) is 7.98. The molecule has 2 N–H and O–H groups in total. The van der Waals surface area contributed by atoms with E-state index < -0.39 is 0 Å². The minimum absolute atomic E-state index is 0. The second-order valence-corrected chi connectivity index (χ2v) is 1.80. The van der Waals surface area contributed by atoms with Crippen LogP contribution >= 0.6 is 0 Å². The van der Waals surface area contributed by atoms with Crippen LogP contribution in [0.4, 0.5) is 0 Å². The minimum Gasteiger partial charge on any atom is -0.569 e. The third-order valence-corrected chi connectivity index (χ3v) is 1.01. The van der Waals surface area contributed by atoms with Gasteiger partial charge < -0.3 is 15.5 Å². The van der Waals surface area contributed by atoms with Crippen LogP contribution in [-0.2, 0) is 0 Å². The molecule has 0 aliphatic rings. The van der Waals surface area contributed by atoms with Crippen molar-refractivity contribution in [3.05, 3.63) is 5.21 Å². The van der Waals surface area contributed by atoms with E-state index in [2.05, 4.69) is 5.28 Å². The summed E-state index contributed by atoms with van der Waals surface area (Å²) in [7, 11) is 1.46. The third-order valence-electron chi connectivity index (χ3n) is 1.01. The fraction of sp³-hybridized carbons (Fsp3) is 1.00. The summed E-state index contributed by atoms with van der Waals surface area (Å²) in [6, 6.07) is 0. The Balaban J connectivity index is 0. The van der Waals surface area contributed by atoms with E-state index in [4.69, 9.17) is 10.3 Å². The molecule has 0 aliphatic carbocycles. The molecule has 0 amide bonds. The molecule has 6 nitrogen and oxygen atoms in total. The summed E-state index contributed by atoms with van der Waals surface area (Å²) in [5, 5.41) is 30.1. The molecule has 0 aromatic heterocycles. The normalized spacial score (nSPS) is 10.5. The predicted molar refractivity (Wildman–Crippen MR) is 37.9 cm³/mol. The Kier molecular flexibility index (Phi) is 9.92. The van der Waals surface area contributed by atoms with Gasteiger partial charge in [0.2, 0.25) is 5.28 Å². The van der Waals surface area contributed by atoms with Gasteiger partial charge in [0.05, 0.1) is 18.6 Å². The largest absolute Gasteiger partial charge is 0.569 e. The second-order valence-electron chi connectivity index (χ2n) is 1.80. The van der Waals surface area contributed by atoms with Crippen molar-refractivity contribution in [3.8, 4) is 0 Å². The molecule has 0 fully saturated rings. The molecule has 0 saturated carbocycles. The molecular formula is C4H11N3NaO3. The predicted octanol–water partition coefficient (Wildman–Crippen LogP) is -0.814. The molecule has 0 atom stereocenters. The number of aliphatic hydroxyl groups excluding tert-OH is 1. The van der Waals surface area contributed by atoms with Crippen molar-refractivity contribution < 1.29 is 15.3 Å². The van der Waals surface area contributed by atoms with Crippen molar-refractivity contribution in [1.82, 2.24) is 5.01 Å². The van der Waals surface area contributed by atoms with Crippen LogP contribution in [0.5, 0.6) is 0 Å². The molecule has 0 bridgehead atoms. The summed E-state index contributed by atoms with van der Waals surface area (Å²) in [5.41, 5.74) is 0. The zero-order valence-corrected chi connectivity index (χ0v) is 8.77. The Morgan fingerprint density at radius 3 is 2.55 bits per heavy atom. The Hall–Kier alpha value is -0.0400. The number of hydrogen-bond donors (Lipinski definition) is 2. The fourth-order valence-corrected chi connectivity index (χ4v) is 0.453. The maximum Gasteiger partial charge on any atom is 0.230 e. The molecule has 0 aromatic rings. The average Bonchev–Trinajstić information content (AvgIpc) is 1.98. The van der Waals surface area contributed by atoms with Crippen LogP contribution in [-0.4, -0.2) is 70.0 Å². The molecular weight excluding hydrogens is 161 g/mol. The van der Waals surface area contributed by atoms with Gasteiger partial charge >= 0.3 is 0 Å². The van der Waals surface area contributed by atoms with Crippen molar-refractivity contribution in [3.63, 3.8) is 0 Å². The van der Waals surface area contributed by atoms with Crippen molar-refractivity contribution in [2.45, 2.75) is 6.42 Å². The third kappa shape index (κ3) is 6.36. The smallest absolute Gasteiger partial charge is 0.230 e. The van der Waals surface area contributed by atoms with E-state index in [1.807, 2.05) is 0 Å². The van der Waals surface area contributed by atoms with E-state index in [1.165, 1.54) is 7.05 Å². The van der Waals surface area contributed by atoms with Gasteiger partial charge in [-0.3, -0.25) is 0 Å². The van der Waals surface area contributed by atoms with Gasteiger partial charge in [-0.15, -0.1) is 5.01 Å². The van der Waals surface area contributed by atoms with Gasteiger partial charge in [0, 0.05) is 36.2 Å². The van der Waals surface area contributed by atoms with Gasteiger partial charge in [0.1, 0.15) is 0 Å². The van der Waals surface area contributed by atoms with Gasteiger partial charge in [-0.2, -0.15) is 0 Å². The second kappa shape index (κ2) is 8.06. The molecule has 0 spiro atoms. The Labute approximate surface area is 86.9 Å². The number of rotatable bonds is 4. The van der Waals surface area contributed by atoms with Gasteiger partial charge in [-0.1, -0.05) is 0 Å². The van der Waals surface area contributed by atoms with Crippen LogP contribution in [0.25, 0.3) is 0 Å². The molecule has 7 heteroatoms. The van der Waals surface area contributed by atoms with E-state index in [1.54, 1.807) is 0 Å². The van der Waals surface area contributed by atoms with Crippen molar-refractivity contribution in [1.29, 1.82) is 0 Å². The Morgan fingerprint density at radius 2 is 2.18 bits per heavy atom. The fourth-order valence-electron chi connectivity index (χ4n) is 0.453. The summed E-state index contributed by atoms with van der Waals surface area (Å²) >= 11 is 0. The number of aliphatic hydroxyl groups is 1. The average molecular weight is 172 g/mol. The van der Waals surface area contributed by atoms with Crippen LogP contribution < -0.4 is 0 Å². The number of nitrogens with zero attached hydrogens (tertiary/aromatic N) is 3. The standard InChI is InChI=1S/C4H11N3O3.Na/c1-6(3-2-4-8)7(10)5-9;/h8-9H,2-4H2,1H3;/b7-5-;. The van der Waals surface area contributed by atoms with E-state index in [0.29, 0.717) is 13.0 Å². The SMILES string of the molecule is CN(CCCO)/[N+]([O-])=N/O.[Na]. The summed E-state index contributed by atoms with van der Waals surface area (Å²) in [5.74, 6) is 0. The summed E-state index contributed by atoms with van der Waals surface area (Å²) < 4.78 is 0. The molecule has 1 radical (unpaired) electrons. The maximum absolute atomic E-state index is 10.4.